The van der Waals surface area contributed by atoms with E-state index in [4.69, 9.17) is 0 Å². The van der Waals surface area contributed by atoms with Gasteiger partial charge in [0, 0.05) is 51.0 Å². The van der Waals surface area contributed by atoms with Gasteiger partial charge >= 0.3 is 0 Å². The van der Waals surface area contributed by atoms with Crippen molar-refractivity contribution in [2.24, 2.45) is 0 Å². The summed E-state index contributed by atoms with van der Waals surface area (Å²) in [5, 5.41) is 2.08. The minimum Gasteiger partial charge on any atom is -0.118 e. The quantitative estimate of drug-likeness (QED) is 0.224. The zero-order valence-electron chi connectivity index (χ0n) is 38.7. The van der Waals surface area contributed by atoms with Crippen LogP contribution in [0, 0.1) is 0 Å². The van der Waals surface area contributed by atoms with Gasteiger partial charge in [-0.1, -0.05) is 131 Å². The molecule has 11 rings (SSSR count). The van der Waals surface area contributed by atoms with Crippen molar-refractivity contribution >= 4 is 67.9 Å². The van der Waals surface area contributed by atoms with Gasteiger partial charge in [0.05, 0.1) is 0 Å². The standard InChI is InChI=1S/C16H16Si.3C10H12S.C10H12Si/c1-11-10-15-13(12-6-3-2-4-7-12)8-5-9-14(15)16(11)17;3*1-6-4-5-9-10(6)7(2)8(3)11-9;1-7-6-8-4-2-3-5-9(8)10(7)11/h2-10,16H,1,17H3;3*4-5,8H,1-3H3;2-6,10H,1,11H3. The summed E-state index contributed by atoms with van der Waals surface area (Å²) in [5.41, 5.74) is 26.7. The SMILES string of the molecule is CC1=CC=C2SC(C)C(C)=C12.CC1=CC=C2SC(C)C(C)=C12.CC1=CC=C2SC(C)C(C)=C12.CC1=Cc2c(-c3ccccc3)cccc2C1[SiH3].CC1=Cc2ccccc2C1[SiH3]. The molecule has 8 aliphatic rings. The molecule has 5 aliphatic carbocycles. The molecule has 0 radical (unpaired) electrons. The van der Waals surface area contributed by atoms with Crippen LogP contribution >= 0.6 is 35.3 Å². The third-order valence-electron chi connectivity index (χ3n) is 13.6. The molecule has 0 aromatic heterocycles. The molecule has 3 aliphatic heterocycles. The first kappa shape index (κ1) is 45.3. The van der Waals surface area contributed by atoms with E-state index in [9.17, 15) is 0 Å². The molecule has 0 nitrogen and oxygen atoms in total. The van der Waals surface area contributed by atoms with Crippen LogP contribution in [-0.2, 0) is 0 Å². The molecule has 3 aromatic rings. The number of rotatable bonds is 1. The van der Waals surface area contributed by atoms with Crippen molar-refractivity contribution < 1.29 is 0 Å². The number of hydrogen-bond acceptors (Lipinski definition) is 3. The number of fused-ring (bicyclic) bond motifs is 5. The van der Waals surface area contributed by atoms with Crippen LogP contribution in [0.3, 0.4) is 0 Å². The van der Waals surface area contributed by atoms with Crippen molar-refractivity contribution in [3.63, 3.8) is 0 Å². The van der Waals surface area contributed by atoms with E-state index >= 15 is 0 Å². The molecular weight excluding hydrogens is 825 g/mol. The van der Waals surface area contributed by atoms with E-state index < -0.39 is 0 Å². The Morgan fingerprint density at radius 3 is 1.30 bits per heavy atom. The van der Waals surface area contributed by atoms with E-state index in [1.807, 2.05) is 35.3 Å². The highest BCUT2D eigenvalue weighted by atomic mass is 32.2. The van der Waals surface area contributed by atoms with Crippen molar-refractivity contribution in [3.05, 3.63) is 208 Å². The highest BCUT2D eigenvalue weighted by Crippen LogP contribution is 2.49. The zero-order chi connectivity index (χ0) is 43.7. The van der Waals surface area contributed by atoms with Crippen LogP contribution in [0.25, 0.3) is 23.3 Å². The summed E-state index contributed by atoms with van der Waals surface area (Å²) < 4.78 is 0. The lowest BCUT2D eigenvalue weighted by molar-refractivity contribution is 1.12. The summed E-state index contributed by atoms with van der Waals surface area (Å²) in [6, 6.07) is 26.1. The van der Waals surface area contributed by atoms with Gasteiger partial charge in [-0.2, -0.15) is 0 Å². The van der Waals surface area contributed by atoms with E-state index in [-0.39, 0.29) is 0 Å². The minimum absolute atomic E-state index is 0.694. The van der Waals surface area contributed by atoms with Crippen LogP contribution in [0.2, 0.25) is 0 Å². The largest absolute Gasteiger partial charge is 0.118 e. The second kappa shape index (κ2) is 19.4. The molecule has 0 bridgehead atoms. The van der Waals surface area contributed by atoms with Gasteiger partial charge in [0.2, 0.25) is 0 Å². The van der Waals surface area contributed by atoms with Gasteiger partial charge in [0.15, 0.2) is 0 Å². The predicted octanol–water partition coefficient (Wildman–Crippen LogP) is 14.5. The molecule has 0 fully saturated rings. The molecule has 5 atom stereocenters. The molecule has 61 heavy (non-hydrogen) atoms. The normalized spacial score (nSPS) is 24.5. The average molecular weight is 890 g/mol. The maximum Gasteiger partial charge on any atom is 0.0282 e. The van der Waals surface area contributed by atoms with E-state index in [2.05, 4.69) is 198 Å². The maximum absolute atomic E-state index is 2.37. The average Bonchev–Trinajstić information content (AvgIpc) is 4.15. The van der Waals surface area contributed by atoms with Crippen molar-refractivity contribution in [1.29, 1.82) is 0 Å². The molecule has 0 spiro atoms. The third-order valence-corrected chi connectivity index (χ3v) is 20.5. The molecule has 5 unspecified atom stereocenters. The molecule has 314 valence electrons. The maximum atomic E-state index is 2.37. The first-order valence-corrected chi connectivity index (χ1v) is 27.0. The topological polar surface area (TPSA) is 0 Å². The summed E-state index contributed by atoms with van der Waals surface area (Å²) in [7, 11) is 2.45. The molecule has 0 saturated heterocycles. The highest BCUT2D eigenvalue weighted by molar-refractivity contribution is 8.05. The Hall–Kier alpha value is -3.72. The summed E-state index contributed by atoms with van der Waals surface area (Å²) >= 11 is 5.95. The van der Waals surface area contributed by atoms with Crippen molar-refractivity contribution in [3.8, 4) is 11.1 Å². The van der Waals surface area contributed by atoms with Crippen LogP contribution in [0.15, 0.2) is 185 Å². The van der Waals surface area contributed by atoms with Crippen LogP contribution < -0.4 is 0 Å². The highest BCUT2D eigenvalue weighted by Gasteiger charge is 2.29. The van der Waals surface area contributed by atoms with Gasteiger partial charge in [-0.05, 0) is 172 Å². The van der Waals surface area contributed by atoms with E-state index in [0.29, 0.717) is 21.3 Å². The van der Waals surface area contributed by atoms with Gasteiger partial charge in [-0.25, -0.2) is 0 Å². The van der Waals surface area contributed by atoms with Crippen molar-refractivity contribution in [2.45, 2.75) is 103 Å². The lowest BCUT2D eigenvalue weighted by atomic mass is 9.97. The second-order valence-corrected chi connectivity index (χ2v) is 24.1. The summed E-state index contributed by atoms with van der Waals surface area (Å²) in [4.78, 5) is 4.44. The number of hydrogen-bond donors (Lipinski definition) is 0. The van der Waals surface area contributed by atoms with Gasteiger partial charge < -0.3 is 0 Å². The van der Waals surface area contributed by atoms with Crippen LogP contribution in [-0.4, -0.2) is 36.2 Å². The first-order valence-electron chi connectivity index (χ1n) is 22.1. The number of benzene rings is 3. The number of allylic oxidation sites excluding steroid dienone is 14. The second-order valence-electron chi connectivity index (χ2n) is 17.6. The Balaban J connectivity index is 0.000000117. The fourth-order valence-electron chi connectivity index (χ4n) is 9.18. The van der Waals surface area contributed by atoms with E-state index in [1.165, 1.54) is 113 Å². The monoisotopic (exact) mass is 888 g/mol. The Morgan fingerprint density at radius 2 is 0.836 bits per heavy atom. The molecular formula is C56H64S3Si2. The van der Waals surface area contributed by atoms with Crippen LogP contribution in [0.1, 0.15) is 109 Å². The molecule has 3 aromatic carbocycles. The summed E-state index contributed by atoms with van der Waals surface area (Å²) in [5.74, 6) is 0. The summed E-state index contributed by atoms with van der Waals surface area (Å²) in [6.07, 6.45) is 18.0. The fraction of sp³-hybridized carbons (Fsp3) is 0.286. The van der Waals surface area contributed by atoms with Gasteiger partial charge in [-0.3, -0.25) is 0 Å². The van der Waals surface area contributed by atoms with Gasteiger partial charge in [-0.15, -0.1) is 35.3 Å². The fourth-order valence-corrected chi connectivity index (χ4v) is 14.3. The zero-order valence-corrected chi connectivity index (χ0v) is 45.1. The Labute approximate surface area is 387 Å². The van der Waals surface area contributed by atoms with E-state index in [0.717, 1.165) is 5.54 Å². The van der Waals surface area contributed by atoms with Crippen molar-refractivity contribution in [2.75, 3.05) is 0 Å². The molecule has 3 heterocycles. The molecule has 0 amide bonds. The molecule has 0 saturated carbocycles. The van der Waals surface area contributed by atoms with Crippen LogP contribution in [0.5, 0.6) is 0 Å². The van der Waals surface area contributed by atoms with E-state index in [1.54, 1.807) is 16.7 Å². The lowest BCUT2D eigenvalue weighted by Crippen LogP contribution is -1.95. The Kier molecular flexibility index (Phi) is 14.4. The summed E-state index contributed by atoms with van der Waals surface area (Å²) in [6.45, 7) is 24.6. The smallest absolute Gasteiger partial charge is 0.0282 e. The Morgan fingerprint density at radius 1 is 0.426 bits per heavy atom. The van der Waals surface area contributed by atoms with Gasteiger partial charge in [0.1, 0.15) is 0 Å². The number of thioether (sulfide) groups is 3. The van der Waals surface area contributed by atoms with Crippen molar-refractivity contribution in [1.82, 2.24) is 0 Å². The Bertz CT molecular complexity index is 2450. The third kappa shape index (κ3) is 9.48. The van der Waals surface area contributed by atoms with Crippen LogP contribution in [0.4, 0.5) is 0 Å². The molecule has 5 heteroatoms. The van der Waals surface area contributed by atoms with Gasteiger partial charge in [0.25, 0.3) is 0 Å². The predicted molar refractivity (Wildman–Crippen MR) is 286 cm³/mol. The lowest BCUT2D eigenvalue weighted by Gasteiger charge is -2.10. The molecule has 0 N–H and O–H groups in total. The first-order chi connectivity index (χ1) is 29.2. The minimum atomic E-state index is 0.694.